The number of carbonyl (C=O) groups is 1. The zero-order valence-electron chi connectivity index (χ0n) is 11.8. The Morgan fingerprint density at radius 1 is 0.800 bits per heavy atom. The SMILES string of the molecule is [CH2]CCCCCc1ccc(C(=O)c2ccccc2)cc1. The maximum atomic E-state index is 12.2. The molecule has 1 nitrogen and oxygen atoms in total. The van der Waals surface area contributed by atoms with Gasteiger partial charge in [-0.25, -0.2) is 0 Å². The van der Waals surface area contributed by atoms with Crippen LogP contribution in [-0.2, 0) is 6.42 Å². The number of rotatable bonds is 7. The molecule has 0 saturated carbocycles. The average molecular weight is 265 g/mol. The van der Waals surface area contributed by atoms with Crippen molar-refractivity contribution in [2.24, 2.45) is 0 Å². The van der Waals surface area contributed by atoms with Gasteiger partial charge in [0, 0.05) is 11.1 Å². The van der Waals surface area contributed by atoms with Gasteiger partial charge >= 0.3 is 0 Å². The third kappa shape index (κ3) is 4.06. The minimum atomic E-state index is 0.0919. The Labute approximate surface area is 121 Å². The minimum absolute atomic E-state index is 0.0919. The molecule has 0 spiro atoms. The first-order chi connectivity index (χ1) is 9.81. The van der Waals surface area contributed by atoms with E-state index in [0.717, 1.165) is 24.0 Å². The van der Waals surface area contributed by atoms with Crippen LogP contribution in [0.4, 0.5) is 0 Å². The third-order valence-corrected chi connectivity index (χ3v) is 3.47. The molecule has 0 N–H and O–H groups in total. The normalized spacial score (nSPS) is 10.4. The molecule has 0 bridgehead atoms. The first-order valence-corrected chi connectivity index (χ1v) is 7.29. The van der Waals surface area contributed by atoms with E-state index in [2.05, 4.69) is 19.1 Å². The first-order valence-electron chi connectivity index (χ1n) is 7.29. The predicted molar refractivity (Wildman–Crippen MR) is 83.8 cm³/mol. The van der Waals surface area contributed by atoms with E-state index >= 15 is 0 Å². The fraction of sp³-hybridized carbons (Fsp3) is 0.263. The number of ketones is 1. The molecule has 0 atom stereocenters. The smallest absolute Gasteiger partial charge is 0.193 e. The van der Waals surface area contributed by atoms with Crippen molar-refractivity contribution in [1.29, 1.82) is 0 Å². The molecule has 1 heteroatoms. The summed E-state index contributed by atoms with van der Waals surface area (Å²) in [6.07, 6.45) is 5.73. The Morgan fingerprint density at radius 2 is 1.45 bits per heavy atom. The zero-order chi connectivity index (χ0) is 14.2. The largest absolute Gasteiger partial charge is 0.289 e. The summed E-state index contributed by atoms with van der Waals surface area (Å²) in [5.41, 5.74) is 2.81. The summed E-state index contributed by atoms with van der Waals surface area (Å²) in [4.78, 5) is 12.2. The van der Waals surface area contributed by atoms with Crippen molar-refractivity contribution in [3.8, 4) is 0 Å². The van der Waals surface area contributed by atoms with Gasteiger partial charge < -0.3 is 0 Å². The Morgan fingerprint density at radius 3 is 2.10 bits per heavy atom. The molecule has 0 saturated heterocycles. The van der Waals surface area contributed by atoms with Crippen molar-refractivity contribution in [2.75, 3.05) is 0 Å². The molecule has 0 amide bonds. The molecule has 0 aliphatic heterocycles. The molecule has 0 aromatic heterocycles. The van der Waals surface area contributed by atoms with Crippen LogP contribution in [0, 0.1) is 6.92 Å². The van der Waals surface area contributed by atoms with Crippen molar-refractivity contribution in [3.05, 3.63) is 78.2 Å². The molecule has 0 fully saturated rings. The summed E-state index contributed by atoms with van der Waals surface area (Å²) in [6, 6.07) is 17.4. The van der Waals surface area contributed by atoms with E-state index < -0.39 is 0 Å². The predicted octanol–water partition coefficient (Wildman–Crippen LogP) is 4.85. The lowest BCUT2D eigenvalue weighted by molar-refractivity contribution is 0.103. The highest BCUT2D eigenvalue weighted by atomic mass is 16.1. The minimum Gasteiger partial charge on any atom is -0.289 e. The van der Waals surface area contributed by atoms with Crippen molar-refractivity contribution in [1.82, 2.24) is 0 Å². The molecule has 2 rings (SSSR count). The Bertz CT molecular complexity index is 525. The monoisotopic (exact) mass is 265 g/mol. The van der Waals surface area contributed by atoms with Crippen LogP contribution < -0.4 is 0 Å². The molecule has 0 aliphatic carbocycles. The molecule has 2 aromatic carbocycles. The molecule has 2 aromatic rings. The van der Waals surface area contributed by atoms with Gasteiger partial charge in [0.05, 0.1) is 0 Å². The van der Waals surface area contributed by atoms with E-state index in [1.807, 2.05) is 42.5 Å². The van der Waals surface area contributed by atoms with E-state index in [1.54, 1.807) is 0 Å². The molecule has 0 aliphatic rings. The van der Waals surface area contributed by atoms with Gasteiger partial charge in [-0.05, 0) is 18.4 Å². The first kappa shape index (κ1) is 14.5. The number of hydrogen-bond donors (Lipinski definition) is 0. The van der Waals surface area contributed by atoms with E-state index in [4.69, 9.17) is 0 Å². The van der Waals surface area contributed by atoms with E-state index in [1.165, 1.54) is 24.8 Å². The fourth-order valence-corrected chi connectivity index (χ4v) is 2.26. The quantitative estimate of drug-likeness (QED) is 0.516. The molecular weight excluding hydrogens is 244 g/mol. The van der Waals surface area contributed by atoms with Gasteiger partial charge in [-0.2, -0.15) is 0 Å². The van der Waals surface area contributed by atoms with Crippen molar-refractivity contribution < 1.29 is 4.79 Å². The molecule has 103 valence electrons. The highest BCUT2D eigenvalue weighted by molar-refractivity contribution is 6.08. The van der Waals surface area contributed by atoms with Gasteiger partial charge in [-0.3, -0.25) is 4.79 Å². The third-order valence-electron chi connectivity index (χ3n) is 3.47. The second-order valence-electron chi connectivity index (χ2n) is 5.06. The molecule has 0 heterocycles. The summed E-state index contributed by atoms with van der Waals surface area (Å²) >= 11 is 0. The van der Waals surface area contributed by atoms with Crippen LogP contribution in [0.15, 0.2) is 54.6 Å². The lowest BCUT2D eigenvalue weighted by Crippen LogP contribution is -2.00. The van der Waals surface area contributed by atoms with Crippen LogP contribution in [-0.4, -0.2) is 5.78 Å². The van der Waals surface area contributed by atoms with Crippen LogP contribution >= 0.6 is 0 Å². The van der Waals surface area contributed by atoms with Crippen molar-refractivity contribution in [3.63, 3.8) is 0 Å². The van der Waals surface area contributed by atoms with Crippen LogP contribution in [0.3, 0.4) is 0 Å². The van der Waals surface area contributed by atoms with Crippen LogP contribution in [0.5, 0.6) is 0 Å². The average Bonchev–Trinajstić information content (AvgIpc) is 2.52. The van der Waals surface area contributed by atoms with E-state index in [9.17, 15) is 4.79 Å². The van der Waals surface area contributed by atoms with Gasteiger partial charge in [0.15, 0.2) is 5.78 Å². The maximum absolute atomic E-state index is 12.2. The number of unbranched alkanes of at least 4 members (excludes halogenated alkanes) is 3. The number of aryl methyl sites for hydroxylation is 1. The summed E-state index contributed by atoms with van der Waals surface area (Å²) in [5, 5.41) is 0. The van der Waals surface area contributed by atoms with Crippen LogP contribution in [0.1, 0.15) is 47.2 Å². The number of hydrogen-bond acceptors (Lipinski definition) is 1. The summed E-state index contributed by atoms with van der Waals surface area (Å²) in [5.74, 6) is 0.0919. The van der Waals surface area contributed by atoms with Gasteiger partial charge in [0.2, 0.25) is 0 Å². The number of benzene rings is 2. The molecule has 1 radical (unpaired) electrons. The lowest BCUT2D eigenvalue weighted by Gasteiger charge is -2.04. The van der Waals surface area contributed by atoms with Crippen molar-refractivity contribution in [2.45, 2.75) is 32.1 Å². The van der Waals surface area contributed by atoms with Gasteiger partial charge in [-0.1, -0.05) is 80.8 Å². The summed E-state index contributed by atoms with van der Waals surface area (Å²) < 4.78 is 0. The highest BCUT2D eigenvalue weighted by Crippen LogP contribution is 2.13. The highest BCUT2D eigenvalue weighted by Gasteiger charge is 2.07. The zero-order valence-corrected chi connectivity index (χ0v) is 11.8. The van der Waals surface area contributed by atoms with Crippen LogP contribution in [0.25, 0.3) is 0 Å². The second kappa shape index (κ2) is 7.64. The van der Waals surface area contributed by atoms with E-state index in [-0.39, 0.29) is 5.78 Å². The standard InChI is InChI=1S/C19H21O/c1-2-3-4-6-9-16-12-14-18(15-13-16)19(20)17-10-7-5-8-11-17/h5,7-8,10-15H,1-4,6,9H2. The Hall–Kier alpha value is -1.89. The Kier molecular flexibility index (Phi) is 5.55. The summed E-state index contributed by atoms with van der Waals surface area (Å²) in [6.45, 7) is 3.85. The molecule has 0 unspecified atom stereocenters. The topological polar surface area (TPSA) is 17.1 Å². The van der Waals surface area contributed by atoms with Gasteiger partial charge in [-0.15, -0.1) is 0 Å². The summed E-state index contributed by atoms with van der Waals surface area (Å²) in [7, 11) is 0. The Balaban J connectivity index is 1.96. The fourth-order valence-electron chi connectivity index (χ4n) is 2.26. The maximum Gasteiger partial charge on any atom is 0.193 e. The van der Waals surface area contributed by atoms with Gasteiger partial charge in [0.1, 0.15) is 0 Å². The molecule has 20 heavy (non-hydrogen) atoms. The van der Waals surface area contributed by atoms with Crippen molar-refractivity contribution >= 4 is 5.78 Å². The van der Waals surface area contributed by atoms with Gasteiger partial charge in [0.25, 0.3) is 0 Å². The lowest BCUT2D eigenvalue weighted by atomic mass is 10.00. The van der Waals surface area contributed by atoms with Crippen LogP contribution in [0.2, 0.25) is 0 Å². The van der Waals surface area contributed by atoms with E-state index in [0.29, 0.717) is 0 Å². The number of carbonyl (C=O) groups excluding carboxylic acids is 1. The molecular formula is C19H21O. The second-order valence-corrected chi connectivity index (χ2v) is 5.06.